The van der Waals surface area contributed by atoms with Gasteiger partial charge in [0, 0.05) is 11.7 Å². The Morgan fingerprint density at radius 2 is 1.95 bits per heavy atom. The van der Waals surface area contributed by atoms with Crippen molar-refractivity contribution in [3.8, 4) is 0 Å². The van der Waals surface area contributed by atoms with Gasteiger partial charge in [0.05, 0.1) is 6.54 Å². The summed E-state index contributed by atoms with van der Waals surface area (Å²) in [5.41, 5.74) is 4.52. The first-order valence-electron chi connectivity index (χ1n) is 7.00. The van der Waals surface area contributed by atoms with Gasteiger partial charge in [-0.1, -0.05) is 30.3 Å². The minimum Gasteiger partial charge on any atom is -0.439 e. The van der Waals surface area contributed by atoms with Crippen LogP contribution in [0.3, 0.4) is 0 Å². The molecule has 0 unspecified atom stereocenters. The Hall–Kier alpha value is -2.29. The molecule has 0 aliphatic carbocycles. The molecule has 1 aromatic heterocycles. The van der Waals surface area contributed by atoms with E-state index in [2.05, 4.69) is 41.1 Å². The van der Waals surface area contributed by atoms with Crippen LogP contribution in [-0.2, 0) is 13.0 Å². The molecule has 3 nitrogen and oxygen atoms in total. The molecule has 1 aliphatic rings. The fourth-order valence-electron chi connectivity index (χ4n) is 3.00. The molecule has 0 spiro atoms. The average Bonchev–Trinajstić information content (AvgIpc) is 3.00. The van der Waals surface area contributed by atoms with Crippen LogP contribution < -0.4 is 4.90 Å². The molecule has 2 aromatic carbocycles. The predicted molar refractivity (Wildman–Crippen MR) is 79.8 cm³/mol. The van der Waals surface area contributed by atoms with Crippen molar-refractivity contribution in [2.75, 3.05) is 4.90 Å². The van der Waals surface area contributed by atoms with Crippen LogP contribution in [0.4, 0.5) is 5.69 Å². The van der Waals surface area contributed by atoms with E-state index >= 15 is 0 Å². The molecule has 0 bridgehead atoms. The molecular formula is C17H16N2O. The summed E-state index contributed by atoms with van der Waals surface area (Å²) >= 11 is 0. The van der Waals surface area contributed by atoms with E-state index < -0.39 is 0 Å². The first-order valence-corrected chi connectivity index (χ1v) is 7.00. The van der Waals surface area contributed by atoms with Gasteiger partial charge in [-0.25, -0.2) is 4.98 Å². The summed E-state index contributed by atoms with van der Waals surface area (Å²) in [6.07, 6.45) is 1.09. The number of aromatic nitrogens is 1. The third-order valence-corrected chi connectivity index (χ3v) is 3.99. The highest BCUT2D eigenvalue weighted by molar-refractivity contribution is 5.72. The maximum atomic E-state index is 5.84. The molecule has 0 saturated heterocycles. The second-order valence-electron chi connectivity index (χ2n) is 5.39. The van der Waals surface area contributed by atoms with E-state index in [1.165, 1.54) is 11.3 Å². The summed E-state index contributed by atoms with van der Waals surface area (Å²) in [6, 6.07) is 17.0. The zero-order chi connectivity index (χ0) is 13.5. The molecule has 4 rings (SSSR count). The number of para-hydroxylation sites is 3. The molecule has 0 radical (unpaired) electrons. The van der Waals surface area contributed by atoms with Crippen molar-refractivity contribution < 1.29 is 4.42 Å². The van der Waals surface area contributed by atoms with E-state index in [-0.39, 0.29) is 0 Å². The van der Waals surface area contributed by atoms with Gasteiger partial charge in [-0.2, -0.15) is 0 Å². The van der Waals surface area contributed by atoms with Crippen LogP contribution in [0.2, 0.25) is 0 Å². The zero-order valence-electron chi connectivity index (χ0n) is 11.4. The molecule has 3 heteroatoms. The van der Waals surface area contributed by atoms with E-state index in [0.29, 0.717) is 6.04 Å². The van der Waals surface area contributed by atoms with Gasteiger partial charge < -0.3 is 9.32 Å². The van der Waals surface area contributed by atoms with E-state index in [9.17, 15) is 0 Å². The standard InChI is InChI=1S/C17H16N2O/c1-12-10-13-6-2-4-8-15(13)19(12)11-17-18-14-7-3-5-9-16(14)20-17/h2-9,12H,10-11H2,1H3/t12-/m1/s1. The number of rotatable bonds is 2. The fraction of sp³-hybridized carbons (Fsp3) is 0.235. The smallest absolute Gasteiger partial charge is 0.215 e. The molecule has 20 heavy (non-hydrogen) atoms. The summed E-state index contributed by atoms with van der Waals surface area (Å²) in [5.74, 6) is 0.787. The summed E-state index contributed by atoms with van der Waals surface area (Å²) in [5, 5.41) is 0. The summed E-state index contributed by atoms with van der Waals surface area (Å²) < 4.78 is 5.84. The van der Waals surface area contributed by atoms with Gasteiger partial charge in [0.15, 0.2) is 5.58 Å². The van der Waals surface area contributed by atoms with E-state index in [1.807, 2.05) is 24.3 Å². The van der Waals surface area contributed by atoms with Crippen molar-refractivity contribution in [3.05, 3.63) is 60.0 Å². The van der Waals surface area contributed by atoms with Gasteiger partial charge in [0.2, 0.25) is 5.89 Å². The van der Waals surface area contributed by atoms with E-state index in [0.717, 1.165) is 30.0 Å². The lowest BCUT2D eigenvalue weighted by molar-refractivity contribution is 0.508. The Bertz CT molecular complexity index is 729. The molecule has 0 amide bonds. The van der Waals surface area contributed by atoms with Gasteiger partial charge in [-0.3, -0.25) is 0 Å². The lowest BCUT2D eigenvalue weighted by Crippen LogP contribution is -2.28. The maximum absolute atomic E-state index is 5.84. The predicted octanol–water partition coefficient (Wildman–Crippen LogP) is 3.78. The number of anilines is 1. The van der Waals surface area contributed by atoms with Crippen LogP contribution in [0.5, 0.6) is 0 Å². The lowest BCUT2D eigenvalue weighted by Gasteiger charge is -2.22. The molecule has 0 fully saturated rings. The first-order chi connectivity index (χ1) is 9.81. The minimum atomic E-state index is 0.488. The minimum absolute atomic E-state index is 0.488. The normalized spacial score (nSPS) is 17.6. The first kappa shape index (κ1) is 11.5. The SMILES string of the molecule is C[C@@H]1Cc2ccccc2N1Cc1nc2ccccc2o1. The summed E-state index contributed by atoms with van der Waals surface area (Å²) in [4.78, 5) is 6.95. The molecule has 1 aliphatic heterocycles. The molecule has 0 saturated carbocycles. The highest BCUT2D eigenvalue weighted by atomic mass is 16.3. The van der Waals surface area contributed by atoms with Gasteiger partial charge in [-0.05, 0) is 37.1 Å². The van der Waals surface area contributed by atoms with Crippen molar-refractivity contribution in [3.63, 3.8) is 0 Å². The Morgan fingerprint density at radius 3 is 2.85 bits per heavy atom. The van der Waals surface area contributed by atoms with Crippen LogP contribution in [0.15, 0.2) is 52.9 Å². The third kappa shape index (κ3) is 1.78. The van der Waals surface area contributed by atoms with Crippen molar-refractivity contribution >= 4 is 16.8 Å². The average molecular weight is 264 g/mol. The van der Waals surface area contributed by atoms with Crippen molar-refractivity contribution in [1.82, 2.24) is 4.98 Å². The van der Waals surface area contributed by atoms with E-state index in [4.69, 9.17) is 4.42 Å². The number of nitrogens with zero attached hydrogens (tertiary/aromatic N) is 2. The second-order valence-corrected chi connectivity index (χ2v) is 5.39. The topological polar surface area (TPSA) is 29.3 Å². The lowest BCUT2D eigenvalue weighted by atomic mass is 10.1. The van der Waals surface area contributed by atoms with Gasteiger partial charge in [0.25, 0.3) is 0 Å². The zero-order valence-corrected chi connectivity index (χ0v) is 11.4. The fourth-order valence-corrected chi connectivity index (χ4v) is 3.00. The number of hydrogen-bond acceptors (Lipinski definition) is 3. The number of hydrogen-bond donors (Lipinski definition) is 0. The summed E-state index contributed by atoms with van der Waals surface area (Å²) in [6.45, 7) is 2.98. The number of oxazole rings is 1. The van der Waals surface area contributed by atoms with Crippen LogP contribution in [0.25, 0.3) is 11.1 Å². The number of fused-ring (bicyclic) bond motifs is 2. The van der Waals surface area contributed by atoms with Crippen LogP contribution in [-0.4, -0.2) is 11.0 Å². The molecular weight excluding hydrogens is 248 g/mol. The van der Waals surface area contributed by atoms with Crippen LogP contribution in [0, 0.1) is 0 Å². The van der Waals surface area contributed by atoms with Gasteiger partial charge in [0.1, 0.15) is 5.52 Å². The quantitative estimate of drug-likeness (QED) is 0.705. The summed E-state index contributed by atoms with van der Waals surface area (Å²) in [7, 11) is 0. The Labute approximate surface area is 117 Å². The second kappa shape index (κ2) is 4.37. The van der Waals surface area contributed by atoms with Crippen LogP contribution >= 0.6 is 0 Å². The Kier molecular flexibility index (Phi) is 2.52. The van der Waals surface area contributed by atoms with Crippen molar-refractivity contribution in [1.29, 1.82) is 0 Å². The molecule has 100 valence electrons. The monoisotopic (exact) mass is 264 g/mol. The maximum Gasteiger partial charge on any atom is 0.215 e. The van der Waals surface area contributed by atoms with Gasteiger partial charge in [-0.15, -0.1) is 0 Å². The van der Waals surface area contributed by atoms with Crippen molar-refractivity contribution in [2.45, 2.75) is 25.9 Å². The molecule has 2 heterocycles. The highest BCUT2D eigenvalue weighted by Crippen LogP contribution is 2.33. The third-order valence-electron chi connectivity index (χ3n) is 3.99. The Balaban J connectivity index is 1.68. The highest BCUT2D eigenvalue weighted by Gasteiger charge is 2.26. The Morgan fingerprint density at radius 1 is 1.15 bits per heavy atom. The van der Waals surface area contributed by atoms with E-state index in [1.54, 1.807) is 0 Å². The molecule has 1 atom stereocenters. The molecule has 3 aromatic rings. The molecule has 0 N–H and O–H groups in total. The van der Waals surface area contributed by atoms with Gasteiger partial charge >= 0.3 is 0 Å². The number of benzene rings is 2. The largest absolute Gasteiger partial charge is 0.439 e. The van der Waals surface area contributed by atoms with Crippen LogP contribution in [0.1, 0.15) is 18.4 Å². The van der Waals surface area contributed by atoms with Crippen molar-refractivity contribution in [2.24, 2.45) is 0 Å².